The number of carbonyl (C=O) groups excluding carboxylic acids is 2. The molecule has 0 heterocycles. The first-order chi connectivity index (χ1) is 11.8. The van der Waals surface area contributed by atoms with Crippen molar-refractivity contribution < 1.29 is 22.7 Å². The van der Waals surface area contributed by atoms with E-state index < -0.39 is 27.5 Å². The van der Waals surface area contributed by atoms with Crippen molar-refractivity contribution in [2.45, 2.75) is 5.75 Å². The molecule has 0 fully saturated rings. The first-order valence-corrected chi connectivity index (χ1v) is 9.42. The van der Waals surface area contributed by atoms with E-state index in [1.165, 1.54) is 19.2 Å². The largest absolute Gasteiger partial charge is 0.465 e. The molecule has 0 unspecified atom stereocenters. The number of benzene rings is 2. The van der Waals surface area contributed by atoms with Gasteiger partial charge in [0.2, 0.25) is 5.91 Å². The van der Waals surface area contributed by atoms with E-state index >= 15 is 0 Å². The van der Waals surface area contributed by atoms with Crippen LogP contribution >= 0.6 is 11.6 Å². The van der Waals surface area contributed by atoms with E-state index in [4.69, 9.17) is 11.6 Å². The van der Waals surface area contributed by atoms with Gasteiger partial charge < -0.3 is 10.1 Å². The van der Waals surface area contributed by atoms with Crippen LogP contribution in [-0.2, 0) is 25.1 Å². The molecule has 132 valence electrons. The summed E-state index contributed by atoms with van der Waals surface area (Å²) < 4.78 is 29.0. The summed E-state index contributed by atoms with van der Waals surface area (Å²) in [5, 5.41) is 3.01. The Balaban J connectivity index is 2.02. The predicted octanol–water partition coefficient (Wildman–Crippen LogP) is 2.68. The van der Waals surface area contributed by atoms with Crippen LogP contribution < -0.4 is 5.32 Å². The fraction of sp³-hybridized carbons (Fsp3) is 0.176. The molecule has 0 spiro atoms. The minimum absolute atomic E-state index is 0.251. The molecule has 2 rings (SSSR count). The highest BCUT2D eigenvalue weighted by Gasteiger charge is 2.18. The van der Waals surface area contributed by atoms with Gasteiger partial charge in [0.15, 0.2) is 9.84 Å². The highest BCUT2D eigenvalue weighted by Crippen LogP contribution is 2.14. The van der Waals surface area contributed by atoms with Gasteiger partial charge in [-0.05, 0) is 42.0 Å². The molecule has 0 atom stereocenters. The van der Waals surface area contributed by atoms with E-state index in [0.717, 1.165) is 0 Å². The minimum Gasteiger partial charge on any atom is -0.465 e. The zero-order valence-corrected chi connectivity index (χ0v) is 14.9. The van der Waals surface area contributed by atoms with Crippen molar-refractivity contribution in [3.63, 3.8) is 0 Å². The fourth-order valence-electron chi connectivity index (χ4n) is 2.14. The van der Waals surface area contributed by atoms with Gasteiger partial charge >= 0.3 is 5.97 Å². The Morgan fingerprint density at radius 3 is 2.44 bits per heavy atom. The lowest BCUT2D eigenvalue weighted by Crippen LogP contribution is -2.24. The SMILES string of the molecule is COC(=O)c1cccc(CS(=O)(=O)CC(=O)Nc2ccc(Cl)cc2)c1. The van der Waals surface area contributed by atoms with E-state index in [1.54, 1.807) is 36.4 Å². The van der Waals surface area contributed by atoms with Crippen LogP contribution in [0.1, 0.15) is 15.9 Å². The number of sulfone groups is 1. The van der Waals surface area contributed by atoms with Crippen molar-refractivity contribution in [3.05, 3.63) is 64.7 Å². The van der Waals surface area contributed by atoms with Crippen molar-refractivity contribution in [1.82, 2.24) is 0 Å². The molecule has 0 bridgehead atoms. The maximum atomic E-state index is 12.2. The van der Waals surface area contributed by atoms with Crippen LogP contribution in [0, 0.1) is 0 Å². The van der Waals surface area contributed by atoms with Gasteiger partial charge in [0.05, 0.1) is 18.4 Å². The first kappa shape index (κ1) is 19.0. The molecule has 0 saturated carbocycles. The lowest BCUT2D eigenvalue weighted by Gasteiger charge is -2.07. The third-order valence-corrected chi connectivity index (χ3v) is 4.94. The van der Waals surface area contributed by atoms with Crippen molar-refractivity contribution in [2.75, 3.05) is 18.2 Å². The van der Waals surface area contributed by atoms with Gasteiger partial charge in [-0.25, -0.2) is 13.2 Å². The number of esters is 1. The average Bonchev–Trinajstić information content (AvgIpc) is 2.55. The number of nitrogens with one attached hydrogen (secondary N) is 1. The molecular weight excluding hydrogens is 366 g/mol. The molecule has 0 saturated heterocycles. The van der Waals surface area contributed by atoms with Crippen molar-refractivity contribution in [3.8, 4) is 0 Å². The van der Waals surface area contributed by atoms with Crippen molar-refractivity contribution >= 4 is 39.0 Å². The van der Waals surface area contributed by atoms with Gasteiger partial charge in [-0.3, -0.25) is 4.79 Å². The standard InChI is InChI=1S/C17H16ClNO5S/c1-24-17(21)13-4-2-3-12(9-13)10-25(22,23)11-16(20)19-15-7-5-14(18)6-8-15/h2-9H,10-11H2,1H3,(H,19,20). The summed E-state index contributed by atoms with van der Waals surface area (Å²) >= 11 is 5.75. The topological polar surface area (TPSA) is 89.5 Å². The molecule has 1 N–H and O–H groups in total. The van der Waals surface area contributed by atoms with Crippen LogP contribution in [0.4, 0.5) is 5.69 Å². The number of halogens is 1. The zero-order valence-electron chi connectivity index (χ0n) is 13.4. The molecule has 6 nitrogen and oxygen atoms in total. The predicted molar refractivity (Wildman–Crippen MR) is 95.4 cm³/mol. The number of methoxy groups -OCH3 is 1. The molecule has 2 aromatic carbocycles. The Kier molecular flexibility index (Phi) is 6.17. The van der Waals surface area contributed by atoms with Gasteiger partial charge in [0.1, 0.15) is 5.75 Å². The molecule has 2 aromatic rings. The van der Waals surface area contributed by atoms with Gasteiger partial charge in [0.25, 0.3) is 0 Å². The second-order valence-electron chi connectivity index (χ2n) is 5.28. The number of hydrogen-bond donors (Lipinski definition) is 1. The summed E-state index contributed by atoms with van der Waals surface area (Å²) in [6, 6.07) is 12.4. The Bertz CT molecular complexity index is 878. The number of anilines is 1. The summed E-state index contributed by atoms with van der Waals surface area (Å²) in [7, 11) is -2.46. The van der Waals surface area contributed by atoms with E-state index in [9.17, 15) is 18.0 Å². The number of amides is 1. The molecule has 25 heavy (non-hydrogen) atoms. The average molecular weight is 382 g/mol. The summed E-state index contributed by atoms with van der Waals surface area (Å²) in [5.41, 5.74) is 1.11. The third kappa shape index (κ3) is 5.88. The lowest BCUT2D eigenvalue weighted by atomic mass is 10.1. The second-order valence-corrected chi connectivity index (χ2v) is 7.78. The highest BCUT2D eigenvalue weighted by atomic mass is 35.5. The van der Waals surface area contributed by atoms with E-state index in [0.29, 0.717) is 16.3 Å². The van der Waals surface area contributed by atoms with Gasteiger partial charge in [-0.15, -0.1) is 0 Å². The van der Waals surface area contributed by atoms with Crippen LogP contribution in [0.5, 0.6) is 0 Å². The van der Waals surface area contributed by atoms with Crippen LogP contribution in [0.25, 0.3) is 0 Å². The molecule has 0 aliphatic carbocycles. The first-order valence-electron chi connectivity index (χ1n) is 7.22. The van der Waals surface area contributed by atoms with Crippen LogP contribution in [0.3, 0.4) is 0 Å². The van der Waals surface area contributed by atoms with Gasteiger partial charge in [0, 0.05) is 10.7 Å². The number of hydrogen-bond acceptors (Lipinski definition) is 5. The minimum atomic E-state index is -3.70. The van der Waals surface area contributed by atoms with Crippen LogP contribution in [0.2, 0.25) is 5.02 Å². The summed E-state index contributed by atoms with van der Waals surface area (Å²) in [4.78, 5) is 23.4. The van der Waals surface area contributed by atoms with E-state index in [2.05, 4.69) is 10.1 Å². The molecule has 0 radical (unpaired) electrons. The molecule has 0 aromatic heterocycles. The zero-order chi connectivity index (χ0) is 18.4. The van der Waals surface area contributed by atoms with Crippen LogP contribution in [0.15, 0.2) is 48.5 Å². The molecule has 8 heteroatoms. The van der Waals surface area contributed by atoms with Gasteiger partial charge in [-0.1, -0.05) is 23.7 Å². The molecular formula is C17H16ClNO5S. The van der Waals surface area contributed by atoms with Gasteiger partial charge in [-0.2, -0.15) is 0 Å². The fourth-order valence-corrected chi connectivity index (χ4v) is 3.53. The van der Waals surface area contributed by atoms with E-state index in [1.807, 2.05) is 0 Å². The Hall–Kier alpha value is -2.38. The lowest BCUT2D eigenvalue weighted by molar-refractivity contribution is -0.113. The Labute approximate surface area is 150 Å². The van der Waals surface area contributed by atoms with Crippen molar-refractivity contribution in [2.24, 2.45) is 0 Å². The monoisotopic (exact) mass is 381 g/mol. The Morgan fingerprint density at radius 1 is 1.12 bits per heavy atom. The summed E-state index contributed by atoms with van der Waals surface area (Å²) in [6.45, 7) is 0. The third-order valence-electron chi connectivity index (χ3n) is 3.21. The maximum Gasteiger partial charge on any atom is 0.337 e. The second kappa shape index (κ2) is 8.13. The number of rotatable bonds is 6. The van der Waals surface area contributed by atoms with Crippen molar-refractivity contribution in [1.29, 1.82) is 0 Å². The normalized spacial score (nSPS) is 11.0. The summed E-state index contributed by atoms with van der Waals surface area (Å²) in [6.07, 6.45) is 0. The molecule has 0 aliphatic heterocycles. The smallest absolute Gasteiger partial charge is 0.337 e. The summed E-state index contributed by atoms with van der Waals surface area (Å²) in [5.74, 6) is -2.23. The van der Waals surface area contributed by atoms with Crippen LogP contribution in [-0.4, -0.2) is 33.2 Å². The Morgan fingerprint density at radius 2 is 1.80 bits per heavy atom. The number of carbonyl (C=O) groups is 2. The highest BCUT2D eigenvalue weighted by molar-refractivity contribution is 7.91. The quantitative estimate of drug-likeness (QED) is 0.777. The molecule has 0 aliphatic rings. The van der Waals surface area contributed by atoms with E-state index in [-0.39, 0.29) is 11.3 Å². The molecule has 1 amide bonds. The number of ether oxygens (including phenoxy) is 1. The maximum absolute atomic E-state index is 12.2.